The lowest BCUT2D eigenvalue weighted by atomic mass is 10.1. The van der Waals surface area contributed by atoms with Crippen molar-refractivity contribution in [3.63, 3.8) is 0 Å². The Morgan fingerprint density at radius 2 is 1.89 bits per heavy atom. The van der Waals surface area contributed by atoms with Crippen LogP contribution in [-0.4, -0.2) is 27.5 Å². The van der Waals surface area contributed by atoms with E-state index in [-0.39, 0.29) is 16.8 Å². The van der Waals surface area contributed by atoms with Gasteiger partial charge in [0.15, 0.2) is 0 Å². The summed E-state index contributed by atoms with van der Waals surface area (Å²) >= 11 is 0. The van der Waals surface area contributed by atoms with Gasteiger partial charge in [-0.1, -0.05) is 12.1 Å². The normalized spacial score (nSPS) is 15.7. The van der Waals surface area contributed by atoms with Crippen LogP contribution in [-0.2, 0) is 14.8 Å². The highest BCUT2D eigenvalue weighted by Crippen LogP contribution is 2.28. The molecule has 6 nitrogen and oxygen atoms in total. The number of rotatable bonds is 7. The second-order valence-electron chi connectivity index (χ2n) is 6.94. The number of anilines is 1. The molecule has 1 saturated heterocycles. The van der Waals surface area contributed by atoms with Gasteiger partial charge in [0, 0.05) is 24.7 Å². The molecule has 0 saturated carbocycles. The molecule has 1 aliphatic rings. The third kappa shape index (κ3) is 4.36. The number of carbonyl (C=O) groups is 1. The Bertz CT molecular complexity index is 955. The molecule has 2 aromatic carbocycles. The molecule has 1 heterocycles. The van der Waals surface area contributed by atoms with Crippen LogP contribution in [0.3, 0.4) is 0 Å². The maximum Gasteiger partial charge on any atom is 0.241 e. The maximum atomic E-state index is 12.8. The van der Waals surface area contributed by atoms with Crippen LogP contribution in [0.5, 0.6) is 5.75 Å². The van der Waals surface area contributed by atoms with Crippen LogP contribution < -0.4 is 14.4 Å². The van der Waals surface area contributed by atoms with Crippen molar-refractivity contribution in [2.75, 3.05) is 18.1 Å². The molecule has 1 N–H and O–H groups in total. The molecule has 1 aliphatic heterocycles. The minimum absolute atomic E-state index is 0.0842. The van der Waals surface area contributed by atoms with Crippen molar-refractivity contribution >= 4 is 21.6 Å². The smallest absolute Gasteiger partial charge is 0.241 e. The monoisotopic (exact) mass is 402 g/mol. The lowest BCUT2D eigenvalue weighted by molar-refractivity contribution is -0.117. The number of aryl methyl sites for hydroxylation is 1. The molecule has 0 aromatic heterocycles. The quantitative estimate of drug-likeness (QED) is 0.768. The van der Waals surface area contributed by atoms with Crippen molar-refractivity contribution in [3.05, 3.63) is 53.6 Å². The van der Waals surface area contributed by atoms with E-state index in [9.17, 15) is 13.2 Å². The summed E-state index contributed by atoms with van der Waals surface area (Å²) in [7, 11) is -3.69. The Hall–Kier alpha value is -2.38. The van der Waals surface area contributed by atoms with E-state index in [1.165, 1.54) is 0 Å². The molecular formula is C21H26N2O4S. The fourth-order valence-corrected chi connectivity index (χ4v) is 4.71. The highest BCUT2D eigenvalue weighted by atomic mass is 32.2. The van der Waals surface area contributed by atoms with Crippen LogP contribution in [0, 0.1) is 6.92 Å². The molecule has 150 valence electrons. The largest absolute Gasteiger partial charge is 0.494 e. The van der Waals surface area contributed by atoms with Crippen LogP contribution in [0.1, 0.15) is 43.9 Å². The third-order valence-electron chi connectivity index (χ3n) is 4.87. The van der Waals surface area contributed by atoms with Crippen molar-refractivity contribution in [1.82, 2.24) is 4.72 Å². The summed E-state index contributed by atoms with van der Waals surface area (Å²) in [6.45, 7) is 6.81. The lowest BCUT2D eigenvalue weighted by Crippen LogP contribution is -2.28. The topological polar surface area (TPSA) is 75.7 Å². The van der Waals surface area contributed by atoms with Crippen LogP contribution >= 0.6 is 0 Å². The molecular weight excluding hydrogens is 376 g/mol. The van der Waals surface area contributed by atoms with E-state index in [0.29, 0.717) is 19.6 Å². The Labute approximate surface area is 166 Å². The molecule has 0 bridgehead atoms. The third-order valence-corrected chi connectivity index (χ3v) is 6.40. The summed E-state index contributed by atoms with van der Waals surface area (Å²) in [5, 5.41) is 0. The van der Waals surface area contributed by atoms with Gasteiger partial charge in [0.2, 0.25) is 15.9 Å². The first-order chi connectivity index (χ1) is 13.3. The van der Waals surface area contributed by atoms with Crippen molar-refractivity contribution < 1.29 is 17.9 Å². The molecule has 7 heteroatoms. The van der Waals surface area contributed by atoms with Crippen molar-refractivity contribution in [2.45, 2.75) is 44.6 Å². The van der Waals surface area contributed by atoms with Gasteiger partial charge in [0.1, 0.15) is 5.75 Å². The van der Waals surface area contributed by atoms with Gasteiger partial charge in [-0.25, -0.2) is 13.1 Å². The van der Waals surface area contributed by atoms with E-state index >= 15 is 0 Å². The highest BCUT2D eigenvalue weighted by Gasteiger charge is 2.25. The molecule has 2 aromatic rings. The molecule has 0 spiro atoms. The molecule has 1 atom stereocenters. The van der Waals surface area contributed by atoms with Crippen LogP contribution in [0.2, 0.25) is 0 Å². The zero-order valence-corrected chi connectivity index (χ0v) is 17.3. The highest BCUT2D eigenvalue weighted by molar-refractivity contribution is 7.89. The Morgan fingerprint density at radius 3 is 2.46 bits per heavy atom. The average Bonchev–Trinajstić information content (AvgIpc) is 3.08. The number of carbonyl (C=O) groups excluding carboxylic acids is 1. The Kier molecular flexibility index (Phi) is 6.05. The minimum atomic E-state index is -3.69. The van der Waals surface area contributed by atoms with E-state index in [4.69, 9.17) is 4.74 Å². The first-order valence-corrected chi connectivity index (χ1v) is 11.0. The summed E-state index contributed by atoms with van der Waals surface area (Å²) < 4.78 is 33.8. The number of benzene rings is 2. The number of nitrogens with one attached hydrogen (secondary N) is 1. The van der Waals surface area contributed by atoms with Crippen LogP contribution in [0.4, 0.5) is 5.69 Å². The number of ether oxygens (including phenoxy) is 1. The van der Waals surface area contributed by atoms with Gasteiger partial charge in [0.25, 0.3) is 0 Å². The first kappa shape index (κ1) is 20.4. The standard InChI is InChI=1S/C21H26N2O4S/c1-4-27-18-9-7-17(8-10-18)16(3)22-28(25,26)19-11-12-20(15(2)14-19)23-13-5-6-21(23)24/h7-12,14,16,22H,4-6,13H2,1-3H3/t16-/m1/s1. The van der Waals surface area contributed by atoms with E-state index in [2.05, 4.69) is 4.72 Å². The predicted octanol–water partition coefficient (Wildman–Crippen LogP) is 3.56. The van der Waals surface area contributed by atoms with Crippen molar-refractivity contribution in [1.29, 1.82) is 0 Å². The number of sulfonamides is 1. The number of amides is 1. The zero-order chi connectivity index (χ0) is 20.3. The molecule has 1 fully saturated rings. The second kappa shape index (κ2) is 8.32. The molecule has 0 aliphatic carbocycles. The number of hydrogen-bond donors (Lipinski definition) is 1. The summed E-state index contributed by atoms with van der Waals surface area (Å²) in [6.07, 6.45) is 1.38. The zero-order valence-electron chi connectivity index (χ0n) is 16.4. The summed E-state index contributed by atoms with van der Waals surface area (Å²) in [6, 6.07) is 11.9. The molecule has 0 radical (unpaired) electrons. The van der Waals surface area contributed by atoms with Gasteiger partial charge in [-0.05, 0) is 68.7 Å². The van der Waals surface area contributed by atoms with E-state index in [1.807, 2.05) is 38.1 Å². The average molecular weight is 403 g/mol. The lowest BCUT2D eigenvalue weighted by Gasteiger charge is -2.20. The van der Waals surface area contributed by atoms with Gasteiger partial charge in [-0.2, -0.15) is 0 Å². The van der Waals surface area contributed by atoms with E-state index in [1.54, 1.807) is 30.0 Å². The van der Waals surface area contributed by atoms with Gasteiger partial charge in [0.05, 0.1) is 11.5 Å². The van der Waals surface area contributed by atoms with Gasteiger partial charge in [-0.3, -0.25) is 4.79 Å². The predicted molar refractivity (Wildman–Crippen MR) is 109 cm³/mol. The molecule has 28 heavy (non-hydrogen) atoms. The Morgan fingerprint density at radius 1 is 1.18 bits per heavy atom. The van der Waals surface area contributed by atoms with Crippen molar-refractivity contribution in [3.8, 4) is 5.75 Å². The van der Waals surface area contributed by atoms with Crippen molar-refractivity contribution in [2.24, 2.45) is 0 Å². The molecule has 1 amide bonds. The fourth-order valence-electron chi connectivity index (χ4n) is 3.39. The van der Waals surface area contributed by atoms with Gasteiger partial charge < -0.3 is 9.64 Å². The SMILES string of the molecule is CCOc1ccc([C@@H](C)NS(=O)(=O)c2ccc(N3CCCC3=O)c(C)c2)cc1. The number of hydrogen-bond acceptors (Lipinski definition) is 4. The van der Waals surface area contributed by atoms with Gasteiger partial charge in [-0.15, -0.1) is 0 Å². The van der Waals surface area contributed by atoms with Gasteiger partial charge >= 0.3 is 0 Å². The maximum absolute atomic E-state index is 12.8. The van der Waals surface area contributed by atoms with Crippen LogP contribution in [0.25, 0.3) is 0 Å². The minimum Gasteiger partial charge on any atom is -0.494 e. The summed E-state index contributed by atoms with van der Waals surface area (Å²) in [5.74, 6) is 0.838. The van der Waals surface area contributed by atoms with Crippen LogP contribution in [0.15, 0.2) is 47.4 Å². The molecule has 3 rings (SSSR count). The Balaban J connectivity index is 1.76. The summed E-state index contributed by atoms with van der Waals surface area (Å²) in [4.78, 5) is 13.9. The van der Waals surface area contributed by atoms with E-state index in [0.717, 1.165) is 29.0 Å². The fraction of sp³-hybridized carbons (Fsp3) is 0.381. The summed E-state index contributed by atoms with van der Waals surface area (Å²) in [5.41, 5.74) is 2.40. The number of nitrogens with zero attached hydrogens (tertiary/aromatic N) is 1. The van der Waals surface area contributed by atoms with E-state index < -0.39 is 10.0 Å². The second-order valence-corrected chi connectivity index (χ2v) is 8.66. The first-order valence-electron chi connectivity index (χ1n) is 9.48. The molecule has 0 unspecified atom stereocenters.